The molecule has 3 aliphatic rings. The maximum Gasteiger partial charge on any atom is 0.243 e. The first-order valence-electron chi connectivity index (χ1n) is 7.28. The predicted molar refractivity (Wildman–Crippen MR) is 81.7 cm³/mol. The molecule has 0 amide bonds. The molecule has 4 nitrogen and oxygen atoms in total. The third-order valence-corrected chi connectivity index (χ3v) is 4.87. The van der Waals surface area contributed by atoms with Crippen LogP contribution in [0.4, 0.5) is 5.95 Å². The highest BCUT2D eigenvalue weighted by molar-refractivity contribution is 5.81. The summed E-state index contributed by atoms with van der Waals surface area (Å²) in [5, 5.41) is 4.32. The van der Waals surface area contributed by atoms with Gasteiger partial charge in [0.05, 0.1) is 6.21 Å². The summed E-state index contributed by atoms with van der Waals surface area (Å²) in [6.07, 6.45) is 6.77. The number of aromatic nitrogens is 2. The minimum absolute atomic E-state index is 0.437. The van der Waals surface area contributed by atoms with Crippen LogP contribution >= 0.6 is 0 Å². The van der Waals surface area contributed by atoms with Crippen molar-refractivity contribution in [3.05, 3.63) is 29.1 Å². The fourth-order valence-electron chi connectivity index (χ4n) is 3.49. The molecule has 4 heteroatoms. The zero-order chi connectivity index (χ0) is 14.3. The van der Waals surface area contributed by atoms with Gasteiger partial charge < -0.3 is 0 Å². The largest absolute Gasteiger partial charge is 0.245 e. The van der Waals surface area contributed by atoms with E-state index in [1.807, 2.05) is 26.1 Å². The number of hydrogen-bond acceptors (Lipinski definition) is 4. The van der Waals surface area contributed by atoms with Crippen LogP contribution in [0.1, 0.15) is 38.1 Å². The summed E-state index contributed by atoms with van der Waals surface area (Å²) in [5.74, 6) is 2.09. The fourth-order valence-corrected chi connectivity index (χ4v) is 3.49. The van der Waals surface area contributed by atoms with Gasteiger partial charge in [0, 0.05) is 11.4 Å². The fraction of sp³-hybridized carbons (Fsp3) is 0.562. The first-order valence-corrected chi connectivity index (χ1v) is 7.28. The maximum absolute atomic E-state index is 4.32. The third kappa shape index (κ3) is 2.23. The molecule has 0 unspecified atom stereocenters. The monoisotopic (exact) mass is 270 g/mol. The van der Waals surface area contributed by atoms with Crippen molar-refractivity contribution < 1.29 is 0 Å². The summed E-state index contributed by atoms with van der Waals surface area (Å²) in [4.78, 5) is 8.64. The quantitative estimate of drug-likeness (QED) is 0.675. The van der Waals surface area contributed by atoms with Gasteiger partial charge in [-0.25, -0.2) is 15.4 Å². The van der Waals surface area contributed by atoms with Gasteiger partial charge in [-0.05, 0) is 55.6 Å². The molecule has 0 aliphatic heterocycles. The predicted octanol–water partition coefficient (Wildman–Crippen LogP) is 3.48. The molecule has 0 radical (unpaired) electrons. The van der Waals surface area contributed by atoms with Gasteiger partial charge in [-0.2, -0.15) is 5.10 Å². The molecule has 2 bridgehead atoms. The summed E-state index contributed by atoms with van der Waals surface area (Å²) in [5.41, 5.74) is 6.65. The second-order valence-electron chi connectivity index (χ2n) is 6.59. The molecule has 0 aromatic carbocycles. The topological polar surface area (TPSA) is 50.2 Å². The van der Waals surface area contributed by atoms with Crippen molar-refractivity contribution in [2.45, 2.75) is 40.5 Å². The van der Waals surface area contributed by atoms with Crippen molar-refractivity contribution in [2.75, 3.05) is 5.43 Å². The van der Waals surface area contributed by atoms with Crippen molar-refractivity contribution in [3.63, 3.8) is 0 Å². The number of nitrogens with one attached hydrogen (secondary N) is 1. The van der Waals surface area contributed by atoms with E-state index in [1.54, 1.807) is 0 Å². The summed E-state index contributed by atoms with van der Waals surface area (Å²) >= 11 is 0. The van der Waals surface area contributed by atoms with Crippen LogP contribution in [-0.4, -0.2) is 16.2 Å². The average molecular weight is 270 g/mol. The van der Waals surface area contributed by atoms with Crippen LogP contribution in [0.2, 0.25) is 0 Å². The first kappa shape index (κ1) is 13.3. The van der Waals surface area contributed by atoms with E-state index >= 15 is 0 Å². The zero-order valence-corrected chi connectivity index (χ0v) is 12.6. The van der Waals surface area contributed by atoms with Crippen molar-refractivity contribution >= 4 is 12.2 Å². The number of allylic oxidation sites excluding steroid dienone is 2. The molecular weight excluding hydrogens is 248 g/mol. The van der Waals surface area contributed by atoms with Crippen molar-refractivity contribution in [3.8, 4) is 0 Å². The van der Waals surface area contributed by atoms with Crippen molar-refractivity contribution in [1.29, 1.82) is 0 Å². The van der Waals surface area contributed by atoms with Gasteiger partial charge in [-0.1, -0.05) is 19.9 Å². The standard InChI is InChI=1S/C16H22N4/c1-10-7-11(2)19-15(18-10)20-17-9-12-5-6-13-8-14(12)16(13,3)4/h5,7,9,13-14H,6,8H2,1-4H3,(H,18,19,20)/b17-9-/t13-,14-/m1/s1. The van der Waals surface area contributed by atoms with Crippen LogP contribution in [0.5, 0.6) is 0 Å². The lowest BCUT2D eigenvalue weighted by Crippen LogP contribution is -2.48. The second-order valence-corrected chi connectivity index (χ2v) is 6.59. The van der Waals surface area contributed by atoms with Gasteiger partial charge in [0.1, 0.15) is 0 Å². The molecule has 106 valence electrons. The lowest BCUT2D eigenvalue weighted by atomic mass is 9.49. The van der Waals surface area contributed by atoms with Crippen LogP contribution in [0.15, 0.2) is 22.8 Å². The van der Waals surface area contributed by atoms with Gasteiger partial charge in [0.15, 0.2) is 0 Å². The Bertz CT molecular complexity index is 566. The maximum atomic E-state index is 4.32. The van der Waals surface area contributed by atoms with E-state index in [2.05, 4.69) is 40.4 Å². The summed E-state index contributed by atoms with van der Waals surface area (Å²) in [6.45, 7) is 8.66. The van der Waals surface area contributed by atoms with Crippen LogP contribution in [0.3, 0.4) is 0 Å². The van der Waals surface area contributed by atoms with Gasteiger partial charge in [-0.15, -0.1) is 0 Å². The second kappa shape index (κ2) is 4.69. The molecule has 3 aliphatic carbocycles. The molecule has 20 heavy (non-hydrogen) atoms. The summed E-state index contributed by atoms with van der Waals surface area (Å²) in [7, 11) is 0. The highest BCUT2D eigenvalue weighted by Gasteiger charge is 2.50. The number of hydrazone groups is 1. The molecule has 2 atom stereocenters. The van der Waals surface area contributed by atoms with E-state index in [9.17, 15) is 0 Å². The molecule has 1 fully saturated rings. The number of fused-ring (bicyclic) bond motifs is 1. The zero-order valence-electron chi connectivity index (χ0n) is 12.6. The first-order chi connectivity index (χ1) is 9.46. The van der Waals surface area contributed by atoms with Crippen LogP contribution in [-0.2, 0) is 0 Å². The molecular formula is C16H22N4. The van der Waals surface area contributed by atoms with Crippen LogP contribution in [0, 0.1) is 31.1 Å². The summed E-state index contributed by atoms with van der Waals surface area (Å²) in [6, 6.07) is 1.95. The molecule has 1 aromatic heterocycles. The smallest absolute Gasteiger partial charge is 0.243 e. The van der Waals surface area contributed by atoms with Crippen molar-refractivity contribution in [2.24, 2.45) is 22.4 Å². The molecule has 1 N–H and O–H groups in total. The van der Waals surface area contributed by atoms with E-state index < -0.39 is 0 Å². The SMILES string of the molecule is Cc1cc(C)nc(N/N=C\C2=CC[C@@H]3C[C@H]2C3(C)C)n1. The Kier molecular flexibility index (Phi) is 3.11. The lowest BCUT2D eigenvalue weighted by Gasteiger charge is -2.55. The average Bonchev–Trinajstić information content (AvgIpc) is 2.37. The molecule has 1 saturated carbocycles. The minimum Gasteiger partial charge on any atom is -0.245 e. The van der Waals surface area contributed by atoms with Gasteiger partial charge in [0.25, 0.3) is 0 Å². The van der Waals surface area contributed by atoms with Gasteiger partial charge in [0.2, 0.25) is 5.95 Å². The molecule has 1 heterocycles. The van der Waals surface area contributed by atoms with Gasteiger partial charge >= 0.3 is 0 Å². The van der Waals surface area contributed by atoms with E-state index in [0.717, 1.165) is 17.3 Å². The van der Waals surface area contributed by atoms with Crippen LogP contribution < -0.4 is 5.43 Å². The summed E-state index contributed by atoms with van der Waals surface area (Å²) < 4.78 is 0. The van der Waals surface area contributed by atoms with Gasteiger partial charge in [-0.3, -0.25) is 0 Å². The number of aryl methyl sites for hydroxylation is 2. The van der Waals surface area contributed by atoms with Crippen LogP contribution in [0.25, 0.3) is 0 Å². The Labute approximate surface area is 120 Å². The lowest BCUT2D eigenvalue weighted by molar-refractivity contribution is -0.00124. The molecule has 1 aromatic rings. The number of rotatable bonds is 3. The Hall–Kier alpha value is -1.71. The highest BCUT2D eigenvalue weighted by Crippen LogP contribution is 2.58. The minimum atomic E-state index is 0.437. The van der Waals surface area contributed by atoms with E-state index in [0.29, 0.717) is 17.3 Å². The number of anilines is 1. The normalized spacial score (nSPS) is 27.1. The Morgan fingerprint density at radius 3 is 2.60 bits per heavy atom. The molecule has 0 saturated heterocycles. The Balaban J connectivity index is 1.68. The van der Waals surface area contributed by atoms with Crippen molar-refractivity contribution in [1.82, 2.24) is 9.97 Å². The van der Waals surface area contributed by atoms with E-state index in [1.165, 1.54) is 18.4 Å². The Morgan fingerprint density at radius 2 is 2.00 bits per heavy atom. The van der Waals surface area contributed by atoms with E-state index in [-0.39, 0.29) is 0 Å². The molecule has 0 spiro atoms. The van der Waals surface area contributed by atoms with E-state index in [4.69, 9.17) is 0 Å². The Morgan fingerprint density at radius 1 is 1.30 bits per heavy atom. The third-order valence-electron chi connectivity index (χ3n) is 4.87. The number of nitrogens with zero attached hydrogens (tertiary/aromatic N) is 3. The highest BCUT2D eigenvalue weighted by atomic mass is 15.3. The molecule has 4 rings (SSSR count). The number of hydrogen-bond donors (Lipinski definition) is 1.